The van der Waals surface area contributed by atoms with Crippen molar-refractivity contribution in [3.8, 4) is 11.4 Å². The van der Waals surface area contributed by atoms with E-state index < -0.39 is 0 Å². The van der Waals surface area contributed by atoms with Crippen molar-refractivity contribution in [2.45, 2.75) is 38.6 Å². The average molecular weight is 282 g/mol. The Kier molecular flexibility index (Phi) is 2.48. The summed E-state index contributed by atoms with van der Waals surface area (Å²) < 4.78 is 7.81. The first-order valence-corrected chi connectivity index (χ1v) is 7.76. The highest BCUT2D eigenvalue weighted by molar-refractivity contribution is 5.58. The zero-order valence-electron chi connectivity index (χ0n) is 11.9. The van der Waals surface area contributed by atoms with Crippen LogP contribution in [0.25, 0.3) is 11.4 Å². The van der Waals surface area contributed by atoms with Gasteiger partial charge in [0.15, 0.2) is 11.6 Å². The van der Waals surface area contributed by atoms with E-state index in [1.54, 1.807) is 0 Å². The topological polar surface area (TPSA) is 52.0 Å². The van der Waals surface area contributed by atoms with Crippen LogP contribution in [-0.2, 0) is 24.5 Å². The number of aromatic nitrogens is 3. The van der Waals surface area contributed by atoms with Gasteiger partial charge in [-0.2, -0.15) is 0 Å². The first-order valence-electron chi connectivity index (χ1n) is 7.76. The quantitative estimate of drug-likeness (QED) is 0.915. The SMILES string of the molecule is c1cc2c(cc1-c1nnc3n1CCNC3C1CC1)COC2. The summed E-state index contributed by atoms with van der Waals surface area (Å²) >= 11 is 0. The maximum atomic E-state index is 5.50. The molecule has 1 aromatic carbocycles. The molecule has 1 aliphatic carbocycles. The van der Waals surface area contributed by atoms with Gasteiger partial charge < -0.3 is 14.6 Å². The predicted molar refractivity (Wildman–Crippen MR) is 77.4 cm³/mol. The molecule has 0 amide bonds. The Balaban J connectivity index is 1.58. The Hall–Kier alpha value is -1.72. The largest absolute Gasteiger partial charge is 0.372 e. The number of ether oxygens (including phenoxy) is 1. The number of nitrogens with one attached hydrogen (secondary N) is 1. The Bertz CT molecular complexity index is 704. The molecule has 0 bridgehead atoms. The number of rotatable bonds is 2. The van der Waals surface area contributed by atoms with E-state index in [1.165, 1.54) is 24.0 Å². The van der Waals surface area contributed by atoms with Gasteiger partial charge in [-0.05, 0) is 36.0 Å². The van der Waals surface area contributed by atoms with Crippen molar-refractivity contribution in [3.63, 3.8) is 0 Å². The first kappa shape index (κ1) is 11.9. The zero-order chi connectivity index (χ0) is 13.8. The van der Waals surface area contributed by atoms with Gasteiger partial charge in [-0.1, -0.05) is 12.1 Å². The lowest BCUT2D eigenvalue weighted by Crippen LogP contribution is -2.35. The molecular formula is C16H18N4O. The third kappa shape index (κ3) is 1.84. The average Bonchev–Trinajstić information content (AvgIpc) is 3.10. The number of benzene rings is 1. The minimum absolute atomic E-state index is 0.401. The molecule has 3 heterocycles. The molecule has 1 aromatic heterocycles. The molecule has 0 saturated heterocycles. The van der Waals surface area contributed by atoms with E-state index in [9.17, 15) is 0 Å². The van der Waals surface area contributed by atoms with E-state index in [1.807, 2.05) is 0 Å². The van der Waals surface area contributed by atoms with Crippen molar-refractivity contribution in [3.05, 3.63) is 35.2 Å². The zero-order valence-corrected chi connectivity index (χ0v) is 11.9. The molecule has 1 N–H and O–H groups in total. The van der Waals surface area contributed by atoms with Crippen LogP contribution in [0.2, 0.25) is 0 Å². The molecule has 5 heteroatoms. The maximum absolute atomic E-state index is 5.50. The number of hydrogen-bond donors (Lipinski definition) is 1. The summed E-state index contributed by atoms with van der Waals surface area (Å²) in [5.74, 6) is 2.89. The van der Waals surface area contributed by atoms with Crippen LogP contribution in [0.5, 0.6) is 0 Å². The van der Waals surface area contributed by atoms with Crippen LogP contribution < -0.4 is 5.32 Å². The van der Waals surface area contributed by atoms with Gasteiger partial charge in [0.25, 0.3) is 0 Å². The molecule has 0 radical (unpaired) electrons. The van der Waals surface area contributed by atoms with E-state index in [0.717, 1.165) is 49.4 Å². The summed E-state index contributed by atoms with van der Waals surface area (Å²) in [4.78, 5) is 0. The molecule has 5 nitrogen and oxygen atoms in total. The van der Waals surface area contributed by atoms with Crippen molar-refractivity contribution >= 4 is 0 Å². The number of nitrogens with zero attached hydrogens (tertiary/aromatic N) is 3. The van der Waals surface area contributed by atoms with E-state index >= 15 is 0 Å². The molecule has 1 unspecified atom stereocenters. The fourth-order valence-corrected chi connectivity index (χ4v) is 3.52. The lowest BCUT2D eigenvalue weighted by Gasteiger charge is -2.25. The molecule has 21 heavy (non-hydrogen) atoms. The summed E-state index contributed by atoms with van der Waals surface area (Å²) in [6.45, 7) is 3.42. The second-order valence-electron chi connectivity index (χ2n) is 6.28. The van der Waals surface area contributed by atoms with Gasteiger partial charge in [0.1, 0.15) is 0 Å². The summed E-state index contributed by atoms with van der Waals surface area (Å²) in [5, 5.41) is 12.6. The van der Waals surface area contributed by atoms with E-state index in [-0.39, 0.29) is 0 Å². The minimum atomic E-state index is 0.401. The van der Waals surface area contributed by atoms with Gasteiger partial charge in [0.2, 0.25) is 0 Å². The Labute approximate surface area is 123 Å². The highest BCUT2D eigenvalue weighted by Gasteiger charge is 2.37. The number of hydrogen-bond acceptors (Lipinski definition) is 4. The third-order valence-electron chi connectivity index (χ3n) is 4.83. The highest BCUT2D eigenvalue weighted by atomic mass is 16.5. The molecule has 3 aliphatic rings. The van der Waals surface area contributed by atoms with Crippen LogP contribution >= 0.6 is 0 Å². The standard InChI is InChI=1S/C16H18N4O/c1-2-10(1)14-16-19-18-15(20(16)6-5-17-14)11-3-4-12-8-21-9-13(12)7-11/h3-4,7,10,14,17H,1-2,5-6,8-9H2. The van der Waals surface area contributed by atoms with Gasteiger partial charge in [-0.25, -0.2) is 0 Å². The van der Waals surface area contributed by atoms with Crippen LogP contribution in [0.3, 0.4) is 0 Å². The molecular weight excluding hydrogens is 264 g/mol. The maximum Gasteiger partial charge on any atom is 0.164 e. The van der Waals surface area contributed by atoms with E-state index in [4.69, 9.17) is 4.74 Å². The number of fused-ring (bicyclic) bond motifs is 2. The molecule has 2 aliphatic heterocycles. The molecule has 1 atom stereocenters. The van der Waals surface area contributed by atoms with Crippen LogP contribution in [0.4, 0.5) is 0 Å². The van der Waals surface area contributed by atoms with Crippen molar-refractivity contribution in [2.24, 2.45) is 5.92 Å². The predicted octanol–water partition coefficient (Wildman–Crippen LogP) is 2.03. The molecule has 1 saturated carbocycles. The van der Waals surface area contributed by atoms with Gasteiger partial charge in [0.05, 0.1) is 19.3 Å². The van der Waals surface area contributed by atoms with Crippen molar-refractivity contribution in [1.29, 1.82) is 0 Å². The van der Waals surface area contributed by atoms with E-state index in [2.05, 4.69) is 38.3 Å². The smallest absolute Gasteiger partial charge is 0.164 e. The monoisotopic (exact) mass is 282 g/mol. The fraction of sp³-hybridized carbons (Fsp3) is 0.500. The van der Waals surface area contributed by atoms with Crippen LogP contribution in [-0.4, -0.2) is 21.3 Å². The normalized spacial score (nSPS) is 23.9. The fourth-order valence-electron chi connectivity index (χ4n) is 3.52. The molecule has 108 valence electrons. The van der Waals surface area contributed by atoms with Crippen LogP contribution in [0, 0.1) is 5.92 Å². The second kappa shape index (κ2) is 4.39. The van der Waals surface area contributed by atoms with Gasteiger partial charge in [-0.3, -0.25) is 0 Å². The summed E-state index contributed by atoms with van der Waals surface area (Å²) in [6, 6.07) is 6.93. The van der Waals surface area contributed by atoms with Gasteiger partial charge >= 0.3 is 0 Å². The van der Waals surface area contributed by atoms with Gasteiger partial charge in [0, 0.05) is 18.7 Å². The lowest BCUT2D eigenvalue weighted by molar-refractivity contribution is 0.134. The minimum Gasteiger partial charge on any atom is -0.372 e. The van der Waals surface area contributed by atoms with Crippen molar-refractivity contribution in [1.82, 2.24) is 20.1 Å². The van der Waals surface area contributed by atoms with Crippen molar-refractivity contribution in [2.75, 3.05) is 6.54 Å². The molecule has 1 fully saturated rings. The highest BCUT2D eigenvalue weighted by Crippen LogP contribution is 2.42. The Morgan fingerprint density at radius 3 is 2.95 bits per heavy atom. The Morgan fingerprint density at radius 2 is 2.05 bits per heavy atom. The lowest BCUT2D eigenvalue weighted by atomic mass is 10.1. The van der Waals surface area contributed by atoms with Gasteiger partial charge in [-0.15, -0.1) is 10.2 Å². The third-order valence-corrected chi connectivity index (χ3v) is 4.83. The van der Waals surface area contributed by atoms with Crippen molar-refractivity contribution < 1.29 is 4.74 Å². The summed E-state index contributed by atoms with van der Waals surface area (Å²) in [5.41, 5.74) is 3.75. The molecule has 5 rings (SSSR count). The van der Waals surface area contributed by atoms with Crippen LogP contribution in [0.1, 0.15) is 35.8 Å². The molecule has 2 aromatic rings. The van der Waals surface area contributed by atoms with E-state index in [0.29, 0.717) is 6.04 Å². The second-order valence-corrected chi connectivity index (χ2v) is 6.28. The van der Waals surface area contributed by atoms with Crippen LogP contribution in [0.15, 0.2) is 18.2 Å². The Morgan fingerprint density at radius 1 is 1.14 bits per heavy atom. The molecule has 0 spiro atoms. The first-order chi connectivity index (χ1) is 10.4. The summed E-state index contributed by atoms with van der Waals surface area (Å²) in [6.07, 6.45) is 2.63. The summed E-state index contributed by atoms with van der Waals surface area (Å²) in [7, 11) is 0.